The summed E-state index contributed by atoms with van der Waals surface area (Å²) in [7, 11) is 0. The van der Waals surface area contributed by atoms with Gasteiger partial charge in [-0.15, -0.1) is 0 Å². The van der Waals surface area contributed by atoms with Crippen LogP contribution in [0.15, 0.2) is 127 Å². The summed E-state index contributed by atoms with van der Waals surface area (Å²) in [5.41, 5.74) is 5.30. The number of hydrogen-bond donors (Lipinski definition) is 1. The van der Waals surface area contributed by atoms with Gasteiger partial charge in [0.2, 0.25) is 0 Å². The number of nitrogens with zero attached hydrogens (tertiary/aromatic N) is 1. The van der Waals surface area contributed by atoms with Crippen LogP contribution in [-0.2, 0) is 18.0 Å². The molecule has 1 N–H and O–H groups in total. The molecule has 0 atom stereocenters. The standard InChI is InChI=1S/C42H43NO5/c1-41(2)26-39(27-42(3,4)43(41)45)48-40(44)36-24-34(32-15-19-37(20-16-32)46-28-30-11-7-5-8-12-30)23-35(25-36)33-17-21-38(22-18-33)47-29-31-13-9-6-10-14-31/h5-25,39,45H,26-29H2,1-4H3. The highest BCUT2D eigenvalue weighted by Gasteiger charge is 2.46. The molecule has 1 heterocycles. The van der Waals surface area contributed by atoms with E-state index >= 15 is 0 Å². The van der Waals surface area contributed by atoms with Gasteiger partial charge in [0.05, 0.1) is 5.56 Å². The minimum atomic E-state index is -0.533. The molecule has 1 saturated heterocycles. The van der Waals surface area contributed by atoms with Crippen molar-refractivity contribution in [1.82, 2.24) is 5.06 Å². The fraction of sp³-hybridized carbons (Fsp3) is 0.262. The Kier molecular flexibility index (Phi) is 9.67. The number of hydrogen-bond acceptors (Lipinski definition) is 6. The Morgan fingerprint density at radius 2 is 1.04 bits per heavy atom. The average Bonchev–Trinajstić information content (AvgIpc) is 3.09. The van der Waals surface area contributed by atoms with Crippen LogP contribution in [0.5, 0.6) is 11.5 Å². The van der Waals surface area contributed by atoms with Crippen molar-refractivity contribution in [3.05, 3.63) is 144 Å². The van der Waals surface area contributed by atoms with Gasteiger partial charge in [0, 0.05) is 23.9 Å². The topological polar surface area (TPSA) is 68.2 Å². The van der Waals surface area contributed by atoms with Gasteiger partial charge in [-0.2, -0.15) is 5.06 Å². The Morgan fingerprint density at radius 3 is 1.46 bits per heavy atom. The summed E-state index contributed by atoms with van der Waals surface area (Å²) in [6.07, 6.45) is 0.723. The molecule has 246 valence electrons. The molecule has 0 aliphatic carbocycles. The monoisotopic (exact) mass is 641 g/mol. The van der Waals surface area contributed by atoms with Crippen LogP contribution in [0.1, 0.15) is 62.0 Å². The highest BCUT2D eigenvalue weighted by atomic mass is 16.5. The van der Waals surface area contributed by atoms with Crippen molar-refractivity contribution in [2.45, 2.75) is 70.9 Å². The zero-order valence-electron chi connectivity index (χ0n) is 28.1. The van der Waals surface area contributed by atoms with Crippen LogP contribution in [0.2, 0.25) is 0 Å². The van der Waals surface area contributed by atoms with Gasteiger partial charge in [0.15, 0.2) is 0 Å². The summed E-state index contributed by atoms with van der Waals surface area (Å²) in [5.74, 6) is 1.15. The maximum atomic E-state index is 13.8. The molecule has 0 unspecified atom stereocenters. The molecule has 48 heavy (non-hydrogen) atoms. The molecule has 0 spiro atoms. The van der Waals surface area contributed by atoms with Gasteiger partial charge < -0.3 is 19.4 Å². The summed E-state index contributed by atoms with van der Waals surface area (Å²) < 4.78 is 18.2. The van der Waals surface area contributed by atoms with E-state index in [9.17, 15) is 10.0 Å². The number of piperidine rings is 1. The maximum absolute atomic E-state index is 13.8. The third-order valence-electron chi connectivity index (χ3n) is 8.92. The number of hydroxylamine groups is 2. The average molecular weight is 642 g/mol. The zero-order chi connectivity index (χ0) is 33.7. The van der Waals surface area contributed by atoms with E-state index in [1.807, 2.05) is 149 Å². The van der Waals surface area contributed by atoms with Gasteiger partial charge in [-0.25, -0.2) is 4.79 Å². The minimum absolute atomic E-state index is 0.333. The molecule has 0 radical (unpaired) electrons. The fourth-order valence-corrected chi connectivity index (χ4v) is 6.53. The maximum Gasteiger partial charge on any atom is 0.338 e. The van der Waals surface area contributed by atoms with E-state index in [1.165, 1.54) is 5.06 Å². The summed E-state index contributed by atoms with van der Waals surface area (Å²) in [6, 6.07) is 41.9. The molecule has 1 fully saturated rings. The molecule has 0 aromatic heterocycles. The summed E-state index contributed by atoms with van der Waals surface area (Å²) in [6.45, 7) is 8.84. The predicted molar refractivity (Wildman–Crippen MR) is 189 cm³/mol. The molecule has 1 aliphatic heterocycles. The second kappa shape index (κ2) is 14.1. The quantitative estimate of drug-likeness (QED) is 0.153. The molecular formula is C42H43NO5. The third-order valence-corrected chi connectivity index (χ3v) is 8.92. The van der Waals surface area contributed by atoms with E-state index in [-0.39, 0.29) is 12.1 Å². The second-order valence-electron chi connectivity index (χ2n) is 13.8. The Morgan fingerprint density at radius 1 is 0.625 bits per heavy atom. The van der Waals surface area contributed by atoms with Crippen molar-refractivity contribution in [3.63, 3.8) is 0 Å². The van der Waals surface area contributed by atoms with E-state index in [2.05, 4.69) is 6.07 Å². The predicted octanol–water partition coefficient (Wildman–Crippen LogP) is 9.75. The van der Waals surface area contributed by atoms with Crippen molar-refractivity contribution in [1.29, 1.82) is 0 Å². The fourth-order valence-electron chi connectivity index (χ4n) is 6.53. The van der Waals surface area contributed by atoms with Crippen LogP contribution in [0.25, 0.3) is 22.3 Å². The highest BCUT2D eigenvalue weighted by molar-refractivity contribution is 5.93. The van der Waals surface area contributed by atoms with E-state index in [0.29, 0.717) is 31.6 Å². The van der Waals surface area contributed by atoms with Crippen molar-refractivity contribution in [2.75, 3.05) is 0 Å². The molecule has 6 heteroatoms. The number of esters is 1. The Bertz CT molecular complexity index is 1690. The molecule has 5 aromatic rings. The lowest BCUT2D eigenvalue weighted by atomic mass is 9.80. The minimum Gasteiger partial charge on any atom is -0.489 e. The zero-order valence-corrected chi connectivity index (χ0v) is 28.1. The van der Waals surface area contributed by atoms with Gasteiger partial charge in [0.1, 0.15) is 30.8 Å². The number of carbonyl (C=O) groups is 1. The summed E-state index contributed by atoms with van der Waals surface area (Å²) in [5, 5.41) is 12.1. The Balaban J connectivity index is 1.26. The first-order chi connectivity index (χ1) is 23.1. The van der Waals surface area contributed by atoms with Crippen molar-refractivity contribution < 1.29 is 24.2 Å². The van der Waals surface area contributed by atoms with Gasteiger partial charge in [-0.3, -0.25) is 0 Å². The summed E-state index contributed by atoms with van der Waals surface area (Å²) >= 11 is 0. The normalized spacial score (nSPS) is 15.9. The third kappa shape index (κ3) is 7.96. The lowest BCUT2D eigenvalue weighted by molar-refractivity contribution is -0.256. The smallest absolute Gasteiger partial charge is 0.338 e. The first-order valence-corrected chi connectivity index (χ1v) is 16.5. The number of rotatable bonds is 10. The van der Waals surface area contributed by atoms with Crippen LogP contribution in [-0.4, -0.2) is 33.4 Å². The first-order valence-electron chi connectivity index (χ1n) is 16.5. The van der Waals surface area contributed by atoms with Gasteiger partial charge in [-0.05, 0) is 104 Å². The van der Waals surface area contributed by atoms with E-state index in [4.69, 9.17) is 14.2 Å². The molecule has 0 saturated carbocycles. The van der Waals surface area contributed by atoms with E-state index < -0.39 is 11.1 Å². The second-order valence-corrected chi connectivity index (χ2v) is 13.8. The van der Waals surface area contributed by atoms with Gasteiger partial charge >= 0.3 is 5.97 Å². The van der Waals surface area contributed by atoms with Crippen molar-refractivity contribution in [3.8, 4) is 33.8 Å². The van der Waals surface area contributed by atoms with E-state index in [1.54, 1.807) is 0 Å². The largest absolute Gasteiger partial charge is 0.489 e. The Labute approximate surface area is 283 Å². The molecule has 6 nitrogen and oxygen atoms in total. The van der Waals surface area contributed by atoms with Gasteiger partial charge in [-0.1, -0.05) is 84.9 Å². The number of carbonyl (C=O) groups excluding carboxylic acids is 1. The van der Waals surface area contributed by atoms with Crippen LogP contribution in [0.4, 0.5) is 0 Å². The van der Waals surface area contributed by atoms with Crippen molar-refractivity contribution >= 4 is 5.97 Å². The van der Waals surface area contributed by atoms with Gasteiger partial charge in [0.25, 0.3) is 0 Å². The molecular weight excluding hydrogens is 598 g/mol. The van der Waals surface area contributed by atoms with Crippen LogP contribution in [0.3, 0.4) is 0 Å². The molecule has 0 bridgehead atoms. The Hall–Kier alpha value is -4.91. The first kappa shape index (κ1) is 33.0. The highest BCUT2D eigenvalue weighted by Crippen LogP contribution is 2.39. The van der Waals surface area contributed by atoms with Crippen LogP contribution in [0, 0.1) is 0 Å². The summed E-state index contributed by atoms with van der Waals surface area (Å²) in [4.78, 5) is 13.8. The van der Waals surface area contributed by atoms with Crippen LogP contribution >= 0.6 is 0 Å². The number of benzene rings is 5. The molecule has 5 aromatic carbocycles. The molecule has 6 rings (SSSR count). The lowest BCUT2D eigenvalue weighted by Crippen LogP contribution is -2.60. The SMILES string of the molecule is CC1(C)CC(OC(=O)c2cc(-c3ccc(OCc4ccccc4)cc3)cc(-c3ccc(OCc4ccccc4)cc3)c2)CC(C)(C)N1O. The molecule has 0 amide bonds. The van der Waals surface area contributed by atoms with Crippen molar-refractivity contribution in [2.24, 2.45) is 0 Å². The van der Waals surface area contributed by atoms with E-state index in [0.717, 1.165) is 44.9 Å². The lowest BCUT2D eigenvalue weighted by Gasteiger charge is -2.50. The molecule has 1 aliphatic rings. The van der Waals surface area contributed by atoms with Crippen LogP contribution < -0.4 is 9.47 Å². The number of ether oxygens (including phenoxy) is 3.